The Bertz CT molecular complexity index is 1050. The maximum Gasteiger partial charge on any atom is 0.259 e. The minimum Gasteiger partial charge on any atom is -0.336 e. The van der Waals surface area contributed by atoms with Gasteiger partial charge in [-0.3, -0.25) is 9.69 Å². The van der Waals surface area contributed by atoms with E-state index in [0.717, 1.165) is 38.2 Å². The summed E-state index contributed by atoms with van der Waals surface area (Å²) in [5, 5.41) is 5.41. The second-order valence-corrected chi connectivity index (χ2v) is 8.03. The van der Waals surface area contributed by atoms with Crippen molar-refractivity contribution >= 4 is 28.6 Å². The molecule has 0 bridgehead atoms. The molecule has 1 amide bonds. The van der Waals surface area contributed by atoms with Crippen LogP contribution in [0.3, 0.4) is 0 Å². The molecular formula is C21H21ClN4O2. The molecule has 5 rings (SSSR count). The van der Waals surface area contributed by atoms with Gasteiger partial charge in [0.15, 0.2) is 0 Å². The van der Waals surface area contributed by atoms with Gasteiger partial charge in [0, 0.05) is 36.3 Å². The fraction of sp³-hybridized carbons (Fsp3) is 0.381. The van der Waals surface area contributed by atoms with Crippen molar-refractivity contribution in [1.82, 2.24) is 19.9 Å². The number of halogens is 1. The van der Waals surface area contributed by atoms with Crippen LogP contribution in [0.25, 0.3) is 22.4 Å². The van der Waals surface area contributed by atoms with Gasteiger partial charge >= 0.3 is 0 Å². The van der Waals surface area contributed by atoms with E-state index in [0.29, 0.717) is 39.1 Å². The van der Waals surface area contributed by atoms with Gasteiger partial charge in [0.2, 0.25) is 0 Å². The highest BCUT2D eigenvalue weighted by molar-refractivity contribution is 6.30. The maximum atomic E-state index is 13.5. The van der Waals surface area contributed by atoms with Crippen LogP contribution < -0.4 is 0 Å². The number of nitrogens with zero attached hydrogens (tertiary/aromatic N) is 4. The van der Waals surface area contributed by atoms with E-state index in [1.54, 1.807) is 0 Å². The van der Waals surface area contributed by atoms with Gasteiger partial charge in [-0.2, -0.15) is 0 Å². The molecule has 7 heteroatoms. The monoisotopic (exact) mass is 396 g/mol. The third-order valence-electron chi connectivity index (χ3n) is 5.86. The van der Waals surface area contributed by atoms with Gasteiger partial charge in [-0.05, 0) is 44.5 Å². The Morgan fingerprint density at radius 1 is 1.21 bits per heavy atom. The lowest BCUT2D eigenvalue weighted by Gasteiger charge is -2.37. The molecule has 4 heterocycles. The van der Waals surface area contributed by atoms with Crippen molar-refractivity contribution in [3.05, 3.63) is 46.6 Å². The van der Waals surface area contributed by atoms with E-state index in [4.69, 9.17) is 16.1 Å². The van der Waals surface area contributed by atoms with Crippen molar-refractivity contribution in [2.45, 2.75) is 25.8 Å². The van der Waals surface area contributed by atoms with Gasteiger partial charge in [-0.25, -0.2) is 4.98 Å². The molecule has 144 valence electrons. The molecule has 0 N–H and O–H groups in total. The molecule has 28 heavy (non-hydrogen) atoms. The summed E-state index contributed by atoms with van der Waals surface area (Å²) in [5.74, 6) is 0.0282. The molecule has 2 aliphatic heterocycles. The minimum absolute atomic E-state index is 0.0282. The van der Waals surface area contributed by atoms with E-state index in [2.05, 4.69) is 15.0 Å². The molecule has 3 aromatic rings. The number of piperazine rings is 1. The zero-order valence-electron chi connectivity index (χ0n) is 15.7. The zero-order chi connectivity index (χ0) is 19.3. The lowest BCUT2D eigenvalue weighted by molar-refractivity contribution is 0.0573. The Labute approximate surface area is 168 Å². The third-order valence-corrected chi connectivity index (χ3v) is 6.11. The molecule has 2 saturated heterocycles. The normalized spacial score (nSPS) is 19.9. The highest BCUT2D eigenvalue weighted by Crippen LogP contribution is 2.30. The molecule has 0 saturated carbocycles. The van der Waals surface area contributed by atoms with E-state index in [1.165, 1.54) is 6.42 Å². The molecule has 1 unspecified atom stereocenters. The van der Waals surface area contributed by atoms with Crippen LogP contribution in [0.5, 0.6) is 0 Å². The zero-order valence-corrected chi connectivity index (χ0v) is 16.4. The number of hydrogen-bond donors (Lipinski definition) is 0. The van der Waals surface area contributed by atoms with E-state index in [9.17, 15) is 4.79 Å². The number of hydrogen-bond acceptors (Lipinski definition) is 5. The van der Waals surface area contributed by atoms with Crippen LogP contribution in [-0.4, -0.2) is 58.1 Å². The van der Waals surface area contributed by atoms with E-state index < -0.39 is 0 Å². The molecule has 0 aliphatic carbocycles. The molecule has 2 fully saturated rings. The number of amides is 1. The highest BCUT2D eigenvalue weighted by Gasteiger charge is 2.34. The molecule has 0 spiro atoms. The minimum atomic E-state index is 0.0282. The van der Waals surface area contributed by atoms with Gasteiger partial charge in [-0.1, -0.05) is 28.9 Å². The smallest absolute Gasteiger partial charge is 0.259 e. The summed E-state index contributed by atoms with van der Waals surface area (Å²) in [5.41, 5.74) is 3.26. The first-order chi connectivity index (χ1) is 13.6. The fourth-order valence-corrected chi connectivity index (χ4v) is 4.50. The molecule has 2 aliphatic rings. The fourth-order valence-electron chi connectivity index (χ4n) is 4.38. The van der Waals surface area contributed by atoms with Crippen molar-refractivity contribution in [3.8, 4) is 11.3 Å². The third kappa shape index (κ3) is 2.97. The first-order valence-corrected chi connectivity index (χ1v) is 10.0. The molecule has 2 aromatic heterocycles. The van der Waals surface area contributed by atoms with Crippen molar-refractivity contribution in [2.24, 2.45) is 0 Å². The summed E-state index contributed by atoms with van der Waals surface area (Å²) in [7, 11) is 0. The quantitative estimate of drug-likeness (QED) is 0.659. The summed E-state index contributed by atoms with van der Waals surface area (Å²) in [6, 6.07) is 9.76. The van der Waals surface area contributed by atoms with Crippen LogP contribution in [0, 0.1) is 6.92 Å². The van der Waals surface area contributed by atoms with Crippen LogP contribution in [0.15, 0.2) is 34.9 Å². The lowest BCUT2D eigenvalue weighted by Crippen LogP contribution is -2.52. The molecule has 1 atom stereocenters. The summed E-state index contributed by atoms with van der Waals surface area (Å²) in [4.78, 5) is 22.5. The molecule has 1 aromatic carbocycles. The number of carbonyl (C=O) groups is 1. The topological polar surface area (TPSA) is 62.5 Å². The first kappa shape index (κ1) is 17.6. The SMILES string of the molecule is Cc1noc2nc(-c3ccc(Cl)cc3)cc(C(=O)N3CCN4CCCC4C3)c12. The van der Waals surface area contributed by atoms with Crippen LogP contribution in [-0.2, 0) is 0 Å². The predicted octanol–water partition coefficient (Wildman–Crippen LogP) is 3.77. The van der Waals surface area contributed by atoms with Gasteiger partial charge in [0.05, 0.1) is 22.3 Å². The second kappa shape index (κ2) is 6.87. The van der Waals surface area contributed by atoms with E-state index in [-0.39, 0.29) is 5.91 Å². The Hall–Kier alpha value is -2.44. The Balaban J connectivity index is 1.56. The Kier molecular flexibility index (Phi) is 4.33. The summed E-state index contributed by atoms with van der Waals surface area (Å²) in [6.45, 7) is 5.47. The number of rotatable bonds is 2. The average molecular weight is 397 g/mol. The van der Waals surface area contributed by atoms with Gasteiger partial charge < -0.3 is 9.42 Å². The number of carbonyl (C=O) groups excluding carboxylic acids is 1. The van der Waals surface area contributed by atoms with E-state index >= 15 is 0 Å². The molecule has 0 radical (unpaired) electrons. The van der Waals surface area contributed by atoms with Crippen LogP contribution >= 0.6 is 11.6 Å². The van der Waals surface area contributed by atoms with Gasteiger partial charge in [-0.15, -0.1) is 0 Å². The standard InChI is InChI=1S/C21H21ClN4O2/c1-13-19-17(21(27)26-10-9-25-8-2-3-16(25)12-26)11-18(23-20(19)28-24-13)14-4-6-15(22)7-5-14/h4-7,11,16H,2-3,8-10,12H2,1H3. The average Bonchev–Trinajstić information content (AvgIpc) is 3.33. The summed E-state index contributed by atoms with van der Waals surface area (Å²) in [6.07, 6.45) is 2.38. The van der Waals surface area contributed by atoms with Crippen molar-refractivity contribution in [1.29, 1.82) is 0 Å². The van der Waals surface area contributed by atoms with E-state index in [1.807, 2.05) is 42.2 Å². The molecule has 6 nitrogen and oxygen atoms in total. The van der Waals surface area contributed by atoms with Crippen molar-refractivity contribution in [2.75, 3.05) is 26.2 Å². The number of aromatic nitrogens is 2. The maximum absolute atomic E-state index is 13.5. The van der Waals surface area contributed by atoms with Crippen LogP contribution in [0.2, 0.25) is 5.02 Å². The first-order valence-electron chi connectivity index (χ1n) is 9.66. The van der Waals surface area contributed by atoms with Gasteiger partial charge in [0.25, 0.3) is 11.6 Å². The second-order valence-electron chi connectivity index (χ2n) is 7.59. The van der Waals surface area contributed by atoms with Crippen molar-refractivity contribution in [3.63, 3.8) is 0 Å². The largest absolute Gasteiger partial charge is 0.336 e. The number of fused-ring (bicyclic) bond motifs is 2. The van der Waals surface area contributed by atoms with Crippen LogP contribution in [0.4, 0.5) is 0 Å². The highest BCUT2D eigenvalue weighted by atomic mass is 35.5. The van der Waals surface area contributed by atoms with Crippen LogP contribution in [0.1, 0.15) is 28.9 Å². The van der Waals surface area contributed by atoms with Crippen molar-refractivity contribution < 1.29 is 9.32 Å². The predicted molar refractivity (Wildman–Crippen MR) is 107 cm³/mol. The number of benzene rings is 1. The number of pyridine rings is 1. The summed E-state index contributed by atoms with van der Waals surface area (Å²) >= 11 is 6.01. The lowest BCUT2D eigenvalue weighted by atomic mass is 10.0. The Morgan fingerprint density at radius 2 is 2.04 bits per heavy atom. The van der Waals surface area contributed by atoms with Gasteiger partial charge in [0.1, 0.15) is 0 Å². The summed E-state index contributed by atoms with van der Waals surface area (Å²) < 4.78 is 5.42. The Morgan fingerprint density at radius 3 is 2.86 bits per heavy atom. The molecular weight excluding hydrogens is 376 g/mol. The number of aryl methyl sites for hydroxylation is 1.